The molecule has 3 N–H and O–H groups in total. The average Bonchev–Trinajstić information content (AvgIpc) is 2.33. The van der Waals surface area contributed by atoms with E-state index in [1.54, 1.807) is 0 Å². The lowest BCUT2D eigenvalue weighted by atomic mass is 10.1. The first-order valence-corrected chi connectivity index (χ1v) is 5.85. The van der Waals surface area contributed by atoms with Gasteiger partial charge in [-0.3, -0.25) is 4.79 Å². The Labute approximate surface area is 111 Å². The van der Waals surface area contributed by atoms with Crippen molar-refractivity contribution in [3.05, 3.63) is 0 Å². The van der Waals surface area contributed by atoms with E-state index in [0.717, 1.165) is 0 Å². The van der Waals surface area contributed by atoms with Crippen LogP contribution in [0.5, 0.6) is 0 Å². The van der Waals surface area contributed by atoms with Gasteiger partial charge in [0.15, 0.2) is 0 Å². The first-order chi connectivity index (χ1) is 8.92. The van der Waals surface area contributed by atoms with E-state index in [9.17, 15) is 14.4 Å². The van der Waals surface area contributed by atoms with Gasteiger partial charge in [0.1, 0.15) is 6.04 Å². The molecule has 0 aliphatic carbocycles. The fourth-order valence-electron chi connectivity index (χ4n) is 1.40. The number of hydrogen-bond donors (Lipinski definition) is 3. The number of nitrogens with zero attached hydrogens (tertiary/aromatic N) is 1. The summed E-state index contributed by atoms with van der Waals surface area (Å²) in [6, 6.07) is -1.83. The zero-order chi connectivity index (χ0) is 14.8. The van der Waals surface area contributed by atoms with Crippen molar-refractivity contribution in [2.24, 2.45) is 0 Å². The molecule has 0 spiro atoms. The van der Waals surface area contributed by atoms with Crippen LogP contribution in [0.4, 0.5) is 4.79 Å². The highest BCUT2D eigenvalue weighted by Gasteiger charge is 2.23. The molecule has 0 aromatic heterocycles. The molecular formula is C12H18N2O5. The monoisotopic (exact) mass is 270 g/mol. The third kappa shape index (κ3) is 6.93. The molecule has 0 fully saturated rings. The topological polar surface area (TPSA) is 107 Å². The van der Waals surface area contributed by atoms with Crippen LogP contribution in [0.2, 0.25) is 0 Å². The number of urea groups is 1. The Morgan fingerprint density at radius 2 is 2.00 bits per heavy atom. The number of aliphatic carboxylic acids is 2. The predicted molar refractivity (Wildman–Crippen MR) is 67.5 cm³/mol. The van der Waals surface area contributed by atoms with Gasteiger partial charge >= 0.3 is 18.0 Å². The zero-order valence-corrected chi connectivity index (χ0v) is 10.8. The van der Waals surface area contributed by atoms with Crippen molar-refractivity contribution in [1.82, 2.24) is 10.2 Å². The normalized spacial score (nSPS) is 11.2. The molecule has 0 rings (SSSR count). The fraction of sp³-hybridized carbons (Fsp3) is 0.583. The minimum atomic E-state index is -1.27. The average molecular weight is 270 g/mol. The van der Waals surface area contributed by atoms with E-state index in [-0.39, 0.29) is 19.4 Å². The largest absolute Gasteiger partial charge is 0.481 e. The SMILES string of the molecule is C#CCN(CCC)C(=O)NC(CCC(=O)O)C(=O)O. The van der Waals surface area contributed by atoms with E-state index >= 15 is 0 Å². The van der Waals surface area contributed by atoms with Crippen LogP contribution in [0.1, 0.15) is 26.2 Å². The van der Waals surface area contributed by atoms with Gasteiger partial charge in [-0.25, -0.2) is 9.59 Å². The second kappa shape index (κ2) is 8.80. The zero-order valence-electron chi connectivity index (χ0n) is 10.8. The van der Waals surface area contributed by atoms with E-state index in [2.05, 4.69) is 11.2 Å². The molecule has 0 aromatic carbocycles. The van der Waals surface area contributed by atoms with E-state index in [1.807, 2.05) is 6.92 Å². The van der Waals surface area contributed by atoms with E-state index in [1.165, 1.54) is 4.90 Å². The van der Waals surface area contributed by atoms with Gasteiger partial charge in [-0.15, -0.1) is 6.42 Å². The smallest absolute Gasteiger partial charge is 0.326 e. The van der Waals surface area contributed by atoms with Crippen molar-refractivity contribution in [3.63, 3.8) is 0 Å². The molecule has 1 atom stereocenters. The molecule has 0 saturated carbocycles. The summed E-state index contributed by atoms with van der Waals surface area (Å²) >= 11 is 0. The quantitative estimate of drug-likeness (QED) is 0.552. The minimum Gasteiger partial charge on any atom is -0.481 e. The molecule has 0 aliphatic heterocycles. The Morgan fingerprint density at radius 3 is 2.42 bits per heavy atom. The van der Waals surface area contributed by atoms with Crippen LogP contribution in [0, 0.1) is 12.3 Å². The van der Waals surface area contributed by atoms with Crippen molar-refractivity contribution >= 4 is 18.0 Å². The summed E-state index contributed by atoms with van der Waals surface area (Å²) in [5.41, 5.74) is 0. The lowest BCUT2D eigenvalue weighted by molar-refractivity contribution is -0.140. The molecule has 0 aliphatic rings. The Morgan fingerprint density at radius 1 is 1.37 bits per heavy atom. The van der Waals surface area contributed by atoms with Gasteiger partial charge in [-0.1, -0.05) is 12.8 Å². The van der Waals surface area contributed by atoms with Crippen molar-refractivity contribution in [1.29, 1.82) is 0 Å². The molecule has 0 aromatic rings. The van der Waals surface area contributed by atoms with Crippen molar-refractivity contribution in [3.8, 4) is 12.3 Å². The summed E-state index contributed by atoms with van der Waals surface area (Å²) in [7, 11) is 0. The number of carboxylic acids is 2. The van der Waals surface area contributed by atoms with Crippen molar-refractivity contribution in [2.75, 3.05) is 13.1 Å². The fourth-order valence-corrected chi connectivity index (χ4v) is 1.40. The summed E-state index contributed by atoms with van der Waals surface area (Å²) in [6.07, 6.45) is 5.30. The maximum absolute atomic E-state index is 11.8. The number of hydrogen-bond acceptors (Lipinski definition) is 3. The molecule has 1 unspecified atom stereocenters. The van der Waals surface area contributed by atoms with Gasteiger partial charge in [-0.2, -0.15) is 0 Å². The third-order valence-corrected chi connectivity index (χ3v) is 2.31. The molecule has 0 bridgehead atoms. The van der Waals surface area contributed by atoms with Crippen LogP contribution in [0.3, 0.4) is 0 Å². The molecule has 0 saturated heterocycles. The van der Waals surface area contributed by atoms with E-state index in [4.69, 9.17) is 16.6 Å². The Balaban J connectivity index is 4.55. The number of amides is 2. The summed E-state index contributed by atoms with van der Waals surface area (Å²) in [6.45, 7) is 2.34. The van der Waals surface area contributed by atoms with Crippen LogP contribution >= 0.6 is 0 Å². The van der Waals surface area contributed by atoms with Gasteiger partial charge in [0.05, 0.1) is 6.54 Å². The molecule has 7 heteroatoms. The maximum Gasteiger partial charge on any atom is 0.326 e. The molecule has 0 radical (unpaired) electrons. The number of terminal acetylenes is 1. The van der Waals surface area contributed by atoms with Crippen molar-refractivity contribution in [2.45, 2.75) is 32.2 Å². The summed E-state index contributed by atoms with van der Waals surface area (Å²) in [5, 5.41) is 19.7. The van der Waals surface area contributed by atoms with Crippen molar-refractivity contribution < 1.29 is 24.6 Å². The van der Waals surface area contributed by atoms with Crippen LogP contribution in [-0.2, 0) is 9.59 Å². The summed E-state index contributed by atoms with van der Waals surface area (Å²) < 4.78 is 0. The van der Waals surface area contributed by atoms with Gasteiger partial charge in [0, 0.05) is 13.0 Å². The molecule has 2 amide bonds. The first kappa shape index (κ1) is 16.8. The lowest BCUT2D eigenvalue weighted by Gasteiger charge is -2.22. The van der Waals surface area contributed by atoms with Crippen LogP contribution in [0.15, 0.2) is 0 Å². The molecule has 106 valence electrons. The maximum atomic E-state index is 11.8. The van der Waals surface area contributed by atoms with Gasteiger partial charge in [-0.05, 0) is 12.8 Å². The highest BCUT2D eigenvalue weighted by Crippen LogP contribution is 2.00. The molecule has 7 nitrogen and oxygen atoms in total. The first-order valence-electron chi connectivity index (χ1n) is 5.85. The van der Waals surface area contributed by atoms with E-state index < -0.39 is 24.0 Å². The summed E-state index contributed by atoms with van der Waals surface area (Å²) in [5.74, 6) is -0.0779. The standard InChI is InChI=1S/C12H18N2O5/c1-3-7-14(8-4-2)12(19)13-9(11(17)18)5-6-10(15)16/h1,9H,4-8H2,2H3,(H,13,19)(H,15,16)(H,17,18). The molecular weight excluding hydrogens is 252 g/mol. The highest BCUT2D eigenvalue weighted by atomic mass is 16.4. The highest BCUT2D eigenvalue weighted by molar-refractivity contribution is 5.83. The second-order valence-corrected chi connectivity index (χ2v) is 3.90. The lowest BCUT2D eigenvalue weighted by Crippen LogP contribution is -2.48. The van der Waals surface area contributed by atoms with E-state index in [0.29, 0.717) is 13.0 Å². The van der Waals surface area contributed by atoms with Crippen LogP contribution < -0.4 is 5.32 Å². The molecule has 0 heterocycles. The second-order valence-electron chi connectivity index (χ2n) is 3.90. The number of carbonyl (C=O) groups excluding carboxylic acids is 1. The number of rotatable bonds is 8. The van der Waals surface area contributed by atoms with Gasteiger partial charge in [0.2, 0.25) is 0 Å². The third-order valence-electron chi connectivity index (χ3n) is 2.31. The van der Waals surface area contributed by atoms with Gasteiger partial charge in [0.25, 0.3) is 0 Å². The number of carboxylic acid groups (broad SMARTS) is 2. The summed E-state index contributed by atoms with van der Waals surface area (Å²) in [4.78, 5) is 34.4. The Bertz CT molecular complexity index is 375. The Kier molecular flexibility index (Phi) is 7.77. The van der Waals surface area contributed by atoms with Crippen LogP contribution in [-0.4, -0.2) is 52.2 Å². The van der Waals surface area contributed by atoms with Crippen LogP contribution in [0.25, 0.3) is 0 Å². The Hall–Kier alpha value is -2.23. The minimum absolute atomic E-state index is 0.0743. The number of nitrogens with one attached hydrogen (secondary N) is 1. The van der Waals surface area contributed by atoms with Gasteiger partial charge < -0.3 is 20.4 Å². The number of carbonyl (C=O) groups is 3. The molecule has 19 heavy (non-hydrogen) atoms. The predicted octanol–water partition coefficient (Wildman–Crippen LogP) is 0.359.